The lowest BCUT2D eigenvalue weighted by Crippen LogP contribution is -2.49. The lowest BCUT2D eigenvalue weighted by atomic mass is 9.81. The minimum atomic E-state index is -0.899. The summed E-state index contributed by atoms with van der Waals surface area (Å²) in [7, 11) is 0. The normalized spacial score (nSPS) is 22.6. The molecule has 9 heteroatoms. The van der Waals surface area contributed by atoms with Gasteiger partial charge >= 0.3 is 6.03 Å². The third kappa shape index (κ3) is 8.09. The van der Waals surface area contributed by atoms with Gasteiger partial charge in [0.1, 0.15) is 0 Å². The minimum Gasteiger partial charge on any atom is -0.392 e. The van der Waals surface area contributed by atoms with Crippen LogP contribution in [0.2, 0.25) is 5.02 Å². The number of ether oxygens (including phenoxy) is 2. The molecule has 0 saturated carbocycles. The van der Waals surface area contributed by atoms with Crippen molar-refractivity contribution in [2.24, 2.45) is 0 Å². The van der Waals surface area contributed by atoms with Crippen LogP contribution in [0.3, 0.4) is 0 Å². The summed E-state index contributed by atoms with van der Waals surface area (Å²) >= 11 is 6.12. The average molecular weight is 670 g/mol. The number of rotatable bonds is 10. The van der Waals surface area contributed by atoms with Crippen molar-refractivity contribution in [1.82, 2.24) is 15.5 Å². The number of amides is 2. The smallest absolute Gasteiger partial charge is 0.315 e. The zero-order valence-corrected chi connectivity index (χ0v) is 28.0. The van der Waals surface area contributed by atoms with E-state index in [0.29, 0.717) is 37.5 Å². The van der Waals surface area contributed by atoms with Crippen molar-refractivity contribution in [2.75, 3.05) is 26.2 Å². The van der Waals surface area contributed by atoms with Gasteiger partial charge in [0.25, 0.3) is 0 Å². The number of aliphatic hydroxyl groups is 2. The van der Waals surface area contributed by atoms with Crippen molar-refractivity contribution in [3.8, 4) is 0 Å². The molecule has 0 aliphatic carbocycles. The fourth-order valence-corrected chi connectivity index (χ4v) is 6.90. The van der Waals surface area contributed by atoms with Gasteiger partial charge in [-0.25, -0.2) is 4.79 Å². The Hall–Kier alpha value is -3.76. The van der Waals surface area contributed by atoms with Crippen LogP contribution in [-0.4, -0.2) is 53.4 Å². The van der Waals surface area contributed by atoms with Crippen LogP contribution in [0.1, 0.15) is 71.5 Å². The second kappa shape index (κ2) is 15.6. The van der Waals surface area contributed by atoms with Gasteiger partial charge in [-0.2, -0.15) is 0 Å². The third-order valence-electron chi connectivity index (χ3n) is 9.52. The largest absolute Gasteiger partial charge is 0.392 e. The van der Waals surface area contributed by atoms with E-state index in [4.69, 9.17) is 21.1 Å². The summed E-state index contributed by atoms with van der Waals surface area (Å²) < 4.78 is 13.8. The van der Waals surface area contributed by atoms with E-state index >= 15 is 0 Å². The lowest BCUT2D eigenvalue weighted by Gasteiger charge is -2.46. The molecule has 2 fully saturated rings. The van der Waals surface area contributed by atoms with E-state index in [2.05, 4.69) is 27.7 Å². The number of piperidine rings is 1. The summed E-state index contributed by atoms with van der Waals surface area (Å²) in [5.74, 6) is -0.111. The average Bonchev–Trinajstić information content (AvgIpc) is 3.12. The van der Waals surface area contributed by atoms with Gasteiger partial charge in [0.15, 0.2) is 6.29 Å². The van der Waals surface area contributed by atoms with E-state index in [1.165, 1.54) is 0 Å². The van der Waals surface area contributed by atoms with Gasteiger partial charge in [0.05, 0.1) is 24.4 Å². The number of carbonyl (C=O) groups excluding carboxylic acids is 1. The first-order valence-corrected chi connectivity index (χ1v) is 17.1. The Balaban J connectivity index is 1.27. The molecule has 2 amide bonds. The number of hydrogen-bond acceptors (Lipinski definition) is 6. The van der Waals surface area contributed by atoms with Crippen molar-refractivity contribution in [1.29, 1.82) is 0 Å². The molecular weight excluding hydrogens is 626 g/mol. The van der Waals surface area contributed by atoms with Gasteiger partial charge in [-0.1, -0.05) is 103 Å². The second-order valence-electron chi connectivity index (χ2n) is 12.7. The van der Waals surface area contributed by atoms with Crippen LogP contribution in [0.5, 0.6) is 0 Å². The number of benzene rings is 4. The Kier molecular flexibility index (Phi) is 11.1. The van der Waals surface area contributed by atoms with Crippen LogP contribution in [-0.2, 0) is 28.2 Å². The zero-order valence-electron chi connectivity index (χ0n) is 27.2. The van der Waals surface area contributed by atoms with E-state index in [-0.39, 0.29) is 30.8 Å². The number of hydrogen-bond donors (Lipinski definition) is 4. The van der Waals surface area contributed by atoms with Crippen molar-refractivity contribution in [2.45, 2.75) is 62.9 Å². The molecule has 4 aromatic carbocycles. The Morgan fingerprint density at radius 1 is 0.833 bits per heavy atom. The van der Waals surface area contributed by atoms with Crippen LogP contribution in [0.15, 0.2) is 103 Å². The molecule has 0 bridgehead atoms. The van der Waals surface area contributed by atoms with Gasteiger partial charge < -0.3 is 35.2 Å². The maximum atomic E-state index is 11.9. The molecule has 6 rings (SSSR count). The molecular formula is C39H44ClN3O5. The highest BCUT2D eigenvalue weighted by molar-refractivity contribution is 6.30. The highest BCUT2D eigenvalue weighted by Gasteiger charge is 2.43. The molecule has 0 spiro atoms. The van der Waals surface area contributed by atoms with Crippen LogP contribution in [0.4, 0.5) is 4.79 Å². The van der Waals surface area contributed by atoms with Gasteiger partial charge in [0.2, 0.25) is 0 Å². The first-order valence-electron chi connectivity index (χ1n) is 16.7. The zero-order chi connectivity index (χ0) is 33.5. The van der Waals surface area contributed by atoms with Crippen LogP contribution < -0.4 is 10.6 Å². The van der Waals surface area contributed by atoms with Crippen molar-refractivity contribution in [3.63, 3.8) is 0 Å². The van der Waals surface area contributed by atoms with Crippen LogP contribution in [0, 0.1) is 0 Å². The molecule has 0 aromatic heterocycles. The summed E-state index contributed by atoms with van der Waals surface area (Å²) in [6.07, 6.45) is 0.0384. The number of halogens is 1. The SMILES string of the molecule is CCNC(=O)NCc1ccc(C2O[C@H](CN3CCC(O)(c4ccc(Cl)cc4)CC3)[C@@H](c3ccccc3)[C@H](c3ccc(CO)cc3)O2)cc1. The molecule has 48 heavy (non-hydrogen) atoms. The van der Waals surface area contributed by atoms with Gasteiger partial charge in [-0.05, 0) is 59.7 Å². The summed E-state index contributed by atoms with van der Waals surface area (Å²) in [4.78, 5) is 14.3. The minimum absolute atomic E-state index is 0.0269. The molecule has 4 atom stereocenters. The number of urea groups is 1. The van der Waals surface area contributed by atoms with Crippen LogP contribution >= 0.6 is 11.6 Å². The predicted octanol–water partition coefficient (Wildman–Crippen LogP) is 6.57. The standard InChI is InChI=1S/C39H44ClN3O5/c1-2-41-38(45)42-24-27-8-14-31(15-9-27)37-47-34(25-43-22-20-39(46,21-23-43)32-16-18-33(40)19-17-32)35(29-6-4-3-5-7-29)36(48-37)30-12-10-28(26-44)11-13-30/h3-19,34-37,44,46H,2,20-26H2,1H3,(H2,41,42,45)/t34-,35-,36+,37?/m1/s1. The van der Waals surface area contributed by atoms with Gasteiger partial charge in [0, 0.05) is 49.2 Å². The molecule has 2 aliphatic heterocycles. The van der Waals surface area contributed by atoms with E-state index < -0.39 is 11.9 Å². The van der Waals surface area contributed by atoms with Crippen molar-refractivity contribution >= 4 is 17.6 Å². The maximum absolute atomic E-state index is 11.9. The number of nitrogens with one attached hydrogen (secondary N) is 2. The molecule has 4 N–H and O–H groups in total. The molecule has 2 heterocycles. The summed E-state index contributed by atoms with van der Waals surface area (Å²) in [6, 6.07) is 33.6. The summed E-state index contributed by atoms with van der Waals surface area (Å²) in [5, 5.41) is 27.6. The lowest BCUT2D eigenvalue weighted by molar-refractivity contribution is -0.264. The Morgan fingerprint density at radius 2 is 1.48 bits per heavy atom. The third-order valence-corrected chi connectivity index (χ3v) is 9.77. The molecule has 8 nitrogen and oxygen atoms in total. The maximum Gasteiger partial charge on any atom is 0.315 e. The first kappa shape index (κ1) is 34.1. The molecule has 252 valence electrons. The Morgan fingerprint density at radius 3 is 2.12 bits per heavy atom. The fourth-order valence-electron chi connectivity index (χ4n) is 6.77. The highest BCUT2D eigenvalue weighted by atomic mass is 35.5. The first-order chi connectivity index (χ1) is 23.3. The molecule has 2 saturated heterocycles. The molecule has 1 unspecified atom stereocenters. The summed E-state index contributed by atoms with van der Waals surface area (Å²) in [5.41, 5.74) is 4.83. The van der Waals surface area contributed by atoms with Gasteiger partial charge in [-0.3, -0.25) is 0 Å². The quantitative estimate of drug-likeness (QED) is 0.152. The highest BCUT2D eigenvalue weighted by Crippen LogP contribution is 2.47. The predicted molar refractivity (Wildman–Crippen MR) is 186 cm³/mol. The van der Waals surface area contributed by atoms with E-state index in [1.807, 2.05) is 97.9 Å². The van der Waals surface area contributed by atoms with Crippen LogP contribution in [0.25, 0.3) is 0 Å². The van der Waals surface area contributed by atoms with E-state index in [1.54, 1.807) is 0 Å². The Labute approximate surface area is 287 Å². The van der Waals surface area contributed by atoms with Crippen molar-refractivity contribution < 1.29 is 24.5 Å². The van der Waals surface area contributed by atoms with Crippen molar-refractivity contribution in [3.05, 3.63) is 142 Å². The number of carbonyl (C=O) groups is 1. The van der Waals surface area contributed by atoms with E-state index in [9.17, 15) is 15.0 Å². The molecule has 2 aliphatic rings. The van der Waals surface area contributed by atoms with E-state index in [0.717, 1.165) is 46.5 Å². The topological polar surface area (TPSA) is 103 Å². The number of nitrogens with zero attached hydrogens (tertiary/aromatic N) is 1. The monoisotopic (exact) mass is 669 g/mol. The molecule has 0 radical (unpaired) electrons. The summed E-state index contributed by atoms with van der Waals surface area (Å²) in [6.45, 7) is 4.93. The van der Waals surface area contributed by atoms with Gasteiger partial charge in [-0.15, -0.1) is 0 Å². The Bertz CT molecular complexity index is 1610. The molecule has 4 aromatic rings. The number of aliphatic hydroxyl groups excluding tert-OH is 1. The number of likely N-dealkylation sites (tertiary alicyclic amines) is 1. The second-order valence-corrected chi connectivity index (χ2v) is 13.1. The fraction of sp³-hybridized carbons (Fsp3) is 0.359.